The number of rotatable bonds is 2. The molecule has 0 saturated carbocycles. The van der Waals surface area contributed by atoms with Crippen LogP contribution in [0.25, 0.3) is 0 Å². The van der Waals surface area contributed by atoms with Crippen molar-refractivity contribution < 1.29 is 9.18 Å². The molecule has 1 aromatic carbocycles. The van der Waals surface area contributed by atoms with Crippen LogP contribution in [0.3, 0.4) is 0 Å². The van der Waals surface area contributed by atoms with E-state index in [1.54, 1.807) is 12.1 Å². The van der Waals surface area contributed by atoms with Crippen LogP contribution in [0.2, 0.25) is 19.6 Å². The van der Waals surface area contributed by atoms with Crippen LogP contribution >= 0.6 is 0 Å². The molecular weight excluding hydrogens is 183 g/mol. The van der Waals surface area contributed by atoms with Gasteiger partial charge in [-0.2, -0.15) is 0 Å². The summed E-state index contributed by atoms with van der Waals surface area (Å²) in [5.74, 6) is -0.299. The Morgan fingerprint density at radius 3 is 2.00 bits per heavy atom. The second-order valence-electron chi connectivity index (χ2n) is 4.09. The maximum absolute atomic E-state index is 12.5. The van der Waals surface area contributed by atoms with Gasteiger partial charge in [0.25, 0.3) is 0 Å². The Balaban J connectivity index is 2.97. The summed E-state index contributed by atoms with van der Waals surface area (Å²) in [6.45, 7) is 5.95. The van der Waals surface area contributed by atoms with Gasteiger partial charge in [-0.1, -0.05) is 19.6 Å². The quantitative estimate of drug-likeness (QED) is 0.665. The SMILES string of the molecule is C[Si](C)(C)C(=O)c1ccc(F)cc1. The number of hydrogen-bond acceptors (Lipinski definition) is 1. The average Bonchev–Trinajstić information content (AvgIpc) is 2.03. The first-order valence-corrected chi connectivity index (χ1v) is 7.71. The van der Waals surface area contributed by atoms with Crippen LogP contribution in [0.1, 0.15) is 10.4 Å². The molecule has 13 heavy (non-hydrogen) atoms. The van der Waals surface area contributed by atoms with Crippen molar-refractivity contribution in [3.8, 4) is 0 Å². The van der Waals surface area contributed by atoms with Gasteiger partial charge in [-0.05, 0) is 24.3 Å². The van der Waals surface area contributed by atoms with Crippen LogP contribution in [0.15, 0.2) is 24.3 Å². The fourth-order valence-electron chi connectivity index (χ4n) is 1.03. The fourth-order valence-corrected chi connectivity index (χ4v) is 2.07. The summed E-state index contributed by atoms with van der Waals surface area (Å²) in [5, 5.41) is 0.174. The molecule has 0 radical (unpaired) electrons. The largest absolute Gasteiger partial charge is 0.300 e. The zero-order valence-corrected chi connectivity index (χ0v) is 9.10. The molecule has 0 amide bonds. The lowest BCUT2D eigenvalue weighted by Gasteiger charge is -2.13. The number of carbonyl (C=O) groups is 1. The van der Waals surface area contributed by atoms with Crippen LogP contribution in [-0.2, 0) is 0 Å². The first-order chi connectivity index (χ1) is 5.91. The summed E-state index contributed by atoms with van der Waals surface area (Å²) in [6, 6.07) is 5.76. The van der Waals surface area contributed by atoms with Crippen LogP contribution in [0.5, 0.6) is 0 Å². The van der Waals surface area contributed by atoms with Gasteiger partial charge in [0.05, 0.1) is 0 Å². The molecule has 0 aromatic heterocycles. The fraction of sp³-hybridized carbons (Fsp3) is 0.300. The Kier molecular flexibility index (Phi) is 2.66. The van der Waals surface area contributed by atoms with Gasteiger partial charge < -0.3 is 4.79 Å². The summed E-state index contributed by atoms with van der Waals surface area (Å²) >= 11 is 0. The van der Waals surface area contributed by atoms with E-state index in [-0.39, 0.29) is 11.2 Å². The Bertz CT molecular complexity index is 311. The highest BCUT2D eigenvalue weighted by Gasteiger charge is 2.25. The molecule has 0 aliphatic rings. The maximum Gasteiger partial charge on any atom is 0.139 e. The summed E-state index contributed by atoms with van der Waals surface area (Å²) in [7, 11) is -1.78. The maximum atomic E-state index is 12.5. The molecule has 0 saturated heterocycles. The molecule has 0 aliphatic carbocycles. The van der Waals surface area contributed by atoms with Crippen LogP contribution in [0, 0.1) is 5.82 Å². The number of halogens is 1. The van der Waals surface area contributed by atoms with E-state index in [4.69, 9.17) is 0 Å². The standard InChI is InChI=1S/C10H13FOSi/c1-13(2,3)10(12)8-4-6-9(11)7-5-8/h4-7H,1-3H3. The van der Waals surface area contributed by atoms with Gasteiger partial charge in [-0.3, -0.25) is 0 Å². The van der Waals surface area contributed by atoms with Gasteiger partial charge in [0, 0.05) is 5.56 Å². The molecule has 0 fully saturated rings. The number of hydrogen-bond donors (Lipinski definition) is 0. The highest BCUT2D eigenvalue weighted by atomic mass is 28.3. The monoisotopic (exact) mass is 196 g/mol. The lowest BCUT2D eigenvalue weighted by atomic mass is 10.2. The average molecular weight is 196 g/mol. The predicted molar refractivity (Wildman–Crippen MR) is 54.1 cm³/mol. The van der Waals surface area contributed by atoms with E-state index in [1.165, 1.54) is 12.1 Å². The Labute approximate surface area is 78.6 Å². The Morgan fingerprint density at radius 2 is 1.62 bits per heavy atom. The molecule has 0 atom stereocenters. The molecular formula is C10H13FOSi. The van der Waals surface area contributed by atoms with Crippen LogP contribution in [-0.4, -0.2) is 13.5 Å². The smallest absolute Gasteiger partial charge is 0.139 e. The summed E-state index contributed by atoms with van der Waals surface area (Å²) in [5.41, 5.74) is 0.626. The van der Waals surface area contributed by atoms with Gasteiger partial charge in [-0.25, -0.2) is 4.39 Å². The minimum Gasteiger partial charge on any atom is -0.300 e. The summed E-state index contributed by atoms with van der Waals surface area (Å²) < 4.78 is 12.5. The third kappa shape index (κ3) is 2.49. The molecule has 0 spiro atoms. The normalized spacial score (nSPS) is 11.4. The van der Waals surface area contributed by atoms with Crippen LogP contribution < -0.4 is 0 Å². The lowest BCUT2D eigenvalue weighted by Crippen LogP contribution is -2.33. The third-order valence-corrected chi connectivity index (χ3v) is 3.44. The zero-order valence-electron chi connectivity index (χ0n) is 8.10. The van der Waals surface area contributed by atoms with Crippen molar-refractivity contribution >= 4 is 13.5 Å². The first kappa shape index (κ1) is 10.1. The minimum absolute atomic E-state index is 0.174. The Hall–Kier alpha value is -0.963. The van der Waals surface area contributed by atoms with Crippen molar-refractivity contribution in [1.82, 2.24) is 0 Å². The molecule has 0 unspecified atom stereocenters. The highest BCUT2D eigenvalue weighted by molar-refractivity contribution is 7.05. The molecule has 0 bridgehead atoms. The lowest BCUT2D eigenvalue weighted by molar-refractivity contribution is 0.106. The van der Waals surface area contributed by atoms with Gasteiger partial charge in [0.1, 0.15) is 19.3 Å². The Morgan fingerprint density at radius 1 is 1.15 bits per heavy atom. The van der Waals surface area contributed by atoms with E-state index in [2.05, 4.69) is 0 Å². The molecule has 1 aromatic rings. The molecule has 0 heterocycles. The zero-order chi connectivity index (χ0) is 10.1. The van der Waals surface area contributed by atoms with Gasteiger partial charge in [-0.15, -0.1) is 0 Å². The molecule has 1 rings (SSSR count). The van der Waals surface area contributed by atoms with Crippen LogP contribution in [0.4, 0.5) is 4.39 Å². The van der Waals surface area contributed by atoms with Crippen molar-refractivity contribution in [2.75, 3.05) is 0 Å². The highest BCUT2D eigenvalue weighted by Crippen LogP contribution is 2.12. The third-order valence-electron chi connectivity index (χ3n) is 1.79. The van der Waals surface area contributed by atoms with Gasteiger partial charge in [0.2, 0.25) is 0 Å². The number of benzene rings is 1. The topological polar surface area (TPSA) is 17.1 Å². The minimum atomic E-state index is -1.78. The van der Waals surface area contributed by atoms with E-state index < -0.39 is 8.07 Å². The molecule has 3 heteroatoms. The van der Waals surface area contributed by atoms with E-state index >= 15 is 0 Å². The van der Waals surface area contributed by atoms with Gasteiger partial charge in [0.15, 0.2) is 0 Å². The predicted octanol–water partition coefficient (Wildman–Crippen LogP) is 2.89. The van der Waals surface area contributed by atoms with Crippen molar-refractivity contribution in [3.63, 3.8) is 0 Å². The van der Waals surface area contributed by atoms with Crippen molar-refractivity contribution in [1.29, 1.82) is 0 Å². The summed E-state index contributed by atoms with van der Waals surface area (Å²) in [6.07, 6.45) is 0. The molecule has 1 nitrogen and oxygen atoms in total. The van der Waals surface area contributed by atoms with Gasteiger partial charge >= 0.3 is 0 Å². The number of carbonyl (C=O) groups excluding carboxylic acids is 1. The van der Waals surface area contributed by atoms with E-state index in [0.29, 0.717) is 5.56 Å². The molecule has 0 aliphatic heterocycles. The summed E-state index contributed by atoms with van der Waals surface area (Å²) in [4.78, 5) is 11.7. The second kappa shape index (κ2) is 3.42. The second-order valence-corrected chi connectivity index (χ2v) is 9.04. The van der Waals surface area contributed by atoms with Crippen molar-refractivity contribution in [3.05, 3.63) is 35.6 Å². The molecule has 70 valence electrons. The van der Waals surface area contributed by atoms with E-state index in [9.17, 15) is 9.18 Å². The first-order valence-electron chi connectivity index (χ1n) is 4.21. The van der Waals surface area contributed by atoms with E-state index in [1.807, 2.05) is 19.6 Å². The molecule has 0 N–H and O–H groups in total. The van der Waals surface area contributed by atoms with Crippen molar-refractivity contribution in [2.45, 2.75) is 19.6 Å². The van der Waals surface area contributed by atoms with E-state index in [0.717, 1.165) is 0 Å². The van der Waals surface area contributed by atoms with Crippen molar-refractivity contribution in [2.24, 2.45) is 0 Å².